The lowest BCUT2D eigenvalue weighted by Gasteiger charge is -2.30. The van der Waals surface area contributed by atoms with E-state index in [1.165, 1.54) is 0 Å². The highest BCUT2D eigenvalue weighted by Crippen LogP contribution is 2.37. The Hall–Kier alpha value is -1.66. The van der Waals surface area contributed by atoms with Crippen LogP contribution < -0.4 is 10.5 Å². The maximum atomic E-state index is 13.1. The van der Waals surface area contributed by atoms with Gasteiger partial charge in [0.1, 0.15) is 5.52 Å². The predicted molar refractivity (Wildman–Crippen MR) is 99.5 cm³/mol. The number of fused-ring (bicyclic) bond motifs is 3. The van der Waals surface area contributed by atoms with E-state index in [1.807, 2.05) is 13.1 Å². The molecule has 0 radical (unpaired) electrons. The van der Waals surface area contributed by atoms with Gasteiger partial charge in [-0.2, -0.15) is 0 Å². The molecule has 1 aliphatic heterocycles. The molecular weight excluding hydrogens is 370 g/mol. The number of hydrogen-bond acceptors (Lipinski definition) is 4. The second kappa shape index (κ2) is 6.01. The smallest absolute Gasteiger partial charge is 0.261 e. The minimum absolute atomic E-state index is 0.0718. The second-order valence-corrected chi connectivity index (χ2v) is 7.53. The Kier molecular flexibility index (Phi) is 3.96. The molecule has 6 heteroatoms. The van der Waals surface area contributed by atoms with E-state index in [2.05, 4.69) is 38.0 Å². The Morgan fingerprint density at radius 3 is 2.92 bits per heavy atom. The van der Waals surface area contributed by atoms with Gasteiger partial charge in [0.15, 0.2) is 0 Å². The van der Waals surface area contributed by atoms with Crippen molar-refractivity contribution >= 4 is 38.6 Å². The van der Waals surface area contributed by atoms with Crippen LogP contribution in [0.5, 0.6) is 0 Å². The van der Waals surface area contributed by atoms with Gasteiger partial charge in [0.05, 0.1) is 29.5 Å². The van der Waals surface area contributed by atoms with Crippen LogP contribution >= 0.6 is 15.9 Å². The van der Waals surface area contributed by atoms with E-state index in [0.29, 0.717) is 5.39 Å². The molecule has 0 amide bonds. The molecule has 2 aliphatic rings. The number of likely N-dealkylation sites (N-methyl/N-ethyl adjacent to an activating group) is 1. The van der Waals surface area contributed by atoms with E-state index in [0.717, 1.165) is 53.5 Å². The SMILES string of the molecule is CN1CC=Cc2c(Br)cc3c(=O)n(C4CCCCC4O)cnc3c21. The van der Waals surface area contributed by atoms with Crippen molar-refractivity contribution in [2.24, 2.45) is 0 Å². The van der Waals surface area contributed by atoms with Crippen molar-refractivity contribution in [3.05, 3.63) is 38.9 Å². The number of nitrogens with zero attached hydrogens (tertiary/aromatic N) is 3. The average Bonchev–Trinajstić information content (AvgIpc) is 2.57. The third kappa shape index (κ3) is 2.40. The zero-order chi connectivity index (χ0) is 16.8. The van der Waals surface area contributed by atoms with Crippen LogP contribution in [-0.2, 0) is 0 Å². The topological polar surface area (TPSA) is 58.4 Å². The summed E-state index contributed by atoms with van der Waals surface area (Å²) >= 11 is 3.59. The van der Waals surface area contributed by atoms with Crippen LogP contribution in [0.1, 0.15) is 37.3 Å². The average molecular weight is 390 g/mol. The fourth-order valence-corrected chi connectivity index (χ4v) is 4.41. The van der Waals surface area contributed by atoms with E-state index in [9.17, 15) is 9.90 Å². The Bertz CT molecular complexity index is 890. The Balaban J connectivity index is 1.94. The number of rotatable bonds is 1. The van der Waals surface area contributed by atoms with Crippen molar-refractivity contribution < 1.29 is 5.11 Å². The van der Waals surface area contributed by atoms with Crippen molar-refractivity contribution in [3.8, 4) is 0 Å². The third-order valence-electron chi connectivity index (χ3n) is 5.14. The molecule has 1 N–H and O–H groups in total. The van der Waals surface area contributed by atoms with Crippen LogP contribution in [0.15, 0.2) is 27.7 Å². The zero-order valence-corrected chi connectivity index (χ0v) is 15.2. The molecule has 2 atom stereocenters. The van der Waals surface area contributed by atoms with Crippen LogP contribution in [0.25, 0.3) is 17.0 Å². The first-order valence-electron chi connectivity index (χ1n) is 8.37. The fraction of sp³-hybridized carbons (Fsp3) is 0.444. The van der Waals surface area contributed by atoms with Crippen molar-refractivity contribution in [3.63, 3.8) is 0 Å². The van der Waals surface area contributed by atoms with Crippen molar-refractivity contribution in [2.75, 3.05) is 18.5 Å². The lowest BCUT2D eigenvalue weighted by molar-refractivity contribution is 0.0735. The highest BCUT2D eigenvalue weighted by molar-refractivity contribution is 9.10. The molecule has 2 unspecified atom stereocenters. The second-order valence-electron chi connectivity index (χ2n) is 6.68. The number of anilines is 1. The van der Waals surface area contributed by atoms with Crippen molar-refractivity contribution in [1.29, 1.82) is 0 Å². The van der Waals surface area contributed by atoms with E-state index >= 15 is 0 Å². The Morgan fingerprint density at radius 2 is 2.12 bits per heavy atom. The number of halogens is 1. The van der Waals surface area contributed by atoms with Gasteiger partial charge in [-0.05, 0) is 18.9 Å². The lowest BCUT2D eigenvalue weighted by Crippen LogP contribution is -2.35. The van der Waals surface area contributed by atoms with E-state index in [1.54, 1.807) is 10.9 Å². The molecule has 1 fully saturated rings. The number of hydrogen-bond donors (Lipinski definition) is 1. The number of aliphatic hydroxyl groups is 1. The summed E-state index contributed by atoms with van der Waals surface area (Å²) < 4.78 is 2.53. The molecule has 126 valence electrons. The summed E-state index contributed by atoms with van der Waals surface area (Å²) in [5.41, 5.74) is 2.69. The van der Waals surface area contributed by atoms with Gasteiger partial charge in [0, 0.05) is 23.6 Å². The largest absolute Gasteiger partial charge is 0.391 e. The van der Waals surface area contributed by atoms with Gasteiger partial charge in [-0.3, -0.25) is 9.36 Å². The third-order valence-corrected chi connectivity index (χ3v) is 5.79. The Morgan fingerprint density at radius 1 is 1.33 bits per heavy atom. The molecule has 2 aromatic rings. The first-order chi connectivity index (χ1) is 11.6. The maximum Gasteiger partial charge on any atom is 0.261 e. The van der Waals surface area contributed by atoms with Gasteiger partial charge in [-0.25, -0.2) is 4.98 Å². The quantitative estimate of drug-likeness (QED) is 0.813. The monoisotopic (exact) mass is 389 g/mol. The van der Waals surface area contributed by atoms with Gasteiger partial charge in [0.25, 0.3) is 5.56 Å². The molecule has 24 heavy (non-hydrogen) atoms. The number of aliphatic hydroxyl groups excluding tert-OH is 1. The highest BCUT2D eigenvalue weighted by atomic mass is 79.9. The maximum absolute atomic E-state index is 13.1. The van der Waals surface area contributed by atoms with Gasteiger partial charge in [-0.15, -0.1) is 0 Å². The normalized spacial score (nSPS) is 23.5. The standard InChI is InChI=1S/C18H20BrN3O2/c1-21-8-4-5-11-13(19)9-12-16(17(11)21)20-10-22(18(12)24)14-6-2-3-7-15(14)23/h4-5,9-10,14-15,23H,2-3,6-8H2,1H3. The van der Waals surface area contributed by atoms with Crippen molar-refractivity contribution in [2.45, 2.75) is 37.8 Å². The van der Waals surface area contributed by atoms with Gasteiger partial charge in [-0.1, -0.05) is 40.9 Å². The zero-order valence-electron chi connectivity index (χ0n) is 13.6. The minimum Gasteiger partial charge on any atom is -0.391 e. The summed E-state index contributed by atoms with van der Waals surface area (Å²) in [6, 6.07) is 1.69. The summed E-state index contributed by atoms with van der Waals surface area (Å²) in [5, 5.41) is 10.9. The summed E-state index contributed by atoms with van der Waals surface area (Å²) in [6.45, 7) is 0.796. The number of benzene rings is 1. The molecular formula is C18H20BrN3O2. The number of aromatic nitrogens is 2. The first-order valence-corrected chi connectivity index (χ1v) is 9.16. The van der Waals surface area contributed by atoms with Gasteiger partial charge < -0.3 is 10.0 Å². The fourth-order valence-electron chi connectivity index (χ4n) is 3.86. The van der Waals surface area contributed by atoms with E-state index in [-0.39, 0.29) is 11.6 Å². The molecule has 0 bridgehead atoms. The van der Waals surface area contributed by atoms with Crippen LogP contribution in [0.4, 0.5) is 5.69 Å². The van der Waals surface area contributed by atoms with Crippen LogP contribution in [-0.4, -0.2) is 34.4 Å². The van der Waals surface area contributed by atoms with Gasteiger partial charge >= 0.3 is 0 Å². The molecule has 4 rings (SSSR count). The molecule has 1 aromatic carbocycles. The molecule has 5 nitrogen and oxygen atoms in total. The van der Waals surface area contributed by atoms with E-state index < -0.39 is 6.10 Å². The van der Waals surface area contributed by atoms with Crippen LogP contribution in [0.3, 0.4) is 0 Å². The van der Waals surface area contributed by atoms with Gasteiger partial charge in [0.2, 0.25) is 0 Å². The summed E-state index contributed by atoms with van der Waals surface area (Å²) in [4.78, 5) is 19.8. The molecule has 2 heterocycles. The molecule has 1 aliphatic carbocycles. The predicted octanol–water partition coefficient (Wildman–Crippen LogP) is 3.10. The minimum atomic E-state index is -0.470. The first kappa shape index (κ1) is 15.8. The summed E-state index contributed by atoms with van der Waals surface area (Å²) in [7, 11) is 2.01. The van der Waals surface area contributed by atoms with Crippen LogP contribution in [0.2, 0.25) is 0 Å². The molecule has 0 saturated heterocycles. The molecule has 1 aromatic heterocycles. The van der Waals surface area contributed by atoms with Crippen LogP contribution in [0, 0.1) is 0 Å². The Labute approximate surface area is 148 Å². The summed E-state index contributed by atoms with van der Waals surface area (Å²) in [6.07, 6.45) is 8.93. The summed E-state index contributed by atoms with van der Waals surface area (Å²) in [5.74, 6) is 0. The lowest BCUT2D eigenvalue weighted by atomic mass is 9.92. The van der Waals surface area contributed by atoms with Crippen molar-refractivity contribution in [1.82, 2.24) is 9.55 Å². The highest BCUT2D eigenvalue weighted by Gasteiger charge is 2.27. The molecule has 1 saturated carbocycles. The molecule has 0 spiro atoms. The van der Waals surface area contributed by atoms with E-state index in [4.69, 9.17) is 0 Å².